The van der Waals surface area contributed by atoms with E-state index in [9.17, 15) is 9.59 Å². The van der Waals surface area contributed by atoms with Gasteiger partial charge in [-0.1, -0.05) is 24.3 Å². The first-order valence-corrected chi connectivity index (χ1v) is 11.2. The SMILES string of the molecule is COc1cccc(CN2C[C@]34C=C[C@H](O3)[C@@H](C(=O)N3C[C@H]5CN(C)C[C@H]5C3)[C@H]4C2=O)c1. The summed E-state index contributed by atoms with van der Waals surface area (Å²) in [5, 5.41) is 0. The minimum Gasteiger partial charge on any atom is -0.497 e. The number of hydrogen-bond donors (Lipinski definition) is 0. The van der Waals surface area contributed by atoms with Crippen LogP contribution in [0.25, 0.3) is 0 Å². The molecule has 1 spiro atoms. The van der Waals surface area contributed by atoms with E-state index in [2.05, 4.69) is 11.9 Å². The fraction of sp³-hybridized carbons (Fsp3) is 0.583. The number of benzene rings is 1. The Labute approximate surface area is 182 Å². The van der Waals surface area contributed by atoms with Crippen molar-refractivity contribution in [1.82, 2.24) is 14.7 Å². The number of ether oxygens (including phenoxy) is 2. The van der Waals surface area contributed by atoms with Crippen LogP contribution in [0.2, 0.25) is 0 Å². The lowest BCUT2D eigenvalue weighted by Crippen LogP contribution is -2.46. The Morgan fingerprint density at radius 3 is 2.74 bits per heavy atom. The van der Waals surface area contributed by atoms with Crippen molar-refractivity contribution in [3.63, 3.8) is 0 Å². The van der Waals surface area contributed by atoms with E-state index >= 15 is 0 Å². The number of rotatable bonds is 4. The second kappa shape index (κ2) is 6.81. The summed E-state index contributed by atoms with van der Waals surface area (Å²) >= 11 is 0. The minimum atomic E-state index is -0.656. The first-order valence-electron chi connectivity index (χ1n) is 11.2. The molecule has 6 rings (SSSR count). The predicted octanol–water partition coefficient (Wildman–Crippen LogP) is 0.997. The Morgan fingerprint density at radius 2 is 2.00 bits per heavy atom. The number of hydrogen-bond acceptors (Lipinski definition) is 5. The molecule has 5 aliphatic heterocycles. The van der Waals surface area contributed by atoms with Crippen LogP contribution in [0.5, 0.6) is 5.75 Å². The molecule has 0 aromatic heterocycles. The van der Waals surface area contributed by atoms with Gasteiger partial charge in [0.15, 0.2) is 0 Å². The first kappa shape index (κ1) is 19.3. The van der Waals surface area contributed by atoms with Crippen LogP contribution in [-0.2, 0) is 20.9 Å². The lowest BCUT2D eigenvalue weighted by atomic mass is 9.76. The van der Waals surface area contributed by atoms with Crippen LogP contribution in [-0.4, -0.2) is 85.1 Å². The van der Waals surface area contributed by atoms with E-state index in [1.165, 1.54) is 0 Å². The zero-order valence-corrected chi connectivity index (χ0v) is 18.1. The Balaban J connectivity index is 1.21. The van der Waals surface area contributed by atoms with E-state index < -0.39 is 17.4 Å². The third-order valence-corrected chi connectivity index (χ3v) is 7.95. The molecule has 164 valence electrons. The van der Waals surface area contributed by atoms with Gasteiger partial charge >= 0.3 is 0 Å². The maximum atomic E-state index is 13.6. The molecule has 0 unspecified atom stereocenters. The van der Waals surface area contributed by atoms with Crippen LogP contribution < -0.4 is 4.74 Å². The van der Waals surface area contributed by atoms with Crippen molar-refractivity contribution in [1.29, 1.82) is 0 Å². The summed E-state index contributed by atoms with van der Waals surface area (Å²) in [5.74, 6) is 1.22. The summed E-state index contributed by atoms with van der Waals surface area (Å²) in [6.45, 7) is 4.72. The van der Waals surface area contributed by atoms with E-state index in [1.807, 2.05) is 46.2 Å². The number of amides is 2. The van der Waals surface area contributed by atoms with Gasteiger partial charge in [0.25, 0.3) is 0 Å². The third kappa shape index (κ3) is 2.86. The van der Waals surface area contributed by atoms with Crippen molar-refractivity contribution >= 4 is 11.8 Å². The first-order chi connectivity index (χ1) is 15.0. The maximum Gasteiger partial charge on any atom is 0.230 e. The fourth-order valence-corrected chi connectivity index (χ4v) is 6.60. The van der Waals surface area contributed by atoms with E-state index in [1.54, 1.807) is 7.11 Å². The van der Waals surface area contributed by atoms with Gasteiger partial charge in [0, 0.05) is 32.7 Å². The number of carbonyl (C=O) groups excluding carboxylic acids is 2. The normalized spacial score (nSPS) is 38.3. The molecule has 0 radical (unpaired) electrons. The molecule has 1 aromatic rings. The lowest BCUT2D eigenvalue weighted by Gasteiger charge is -2.28. The molecule has 0 aliphatic carbocycles. The zero-order chi connectivity index (χ0) is 21.3. The van der Waals surface area contributed by atoms with Crippen molar-refractivity contribution in [2.75, 3.05) is 46.9 Å². The van der Waals surface area contributed by atoms with Gasteiger partial charge in [-0.05, 0) is 36.6 Å². The van der Waals surface area contributed by atoms with Gasteiger partial charge in [0.2, 0.25) is 11.8 Å². The Morgan fingerprint density at radius 1 is 1.23 bits per heavy atom. The highest BCUT2D eigenvalue weighted by atomic mass is 16.5. The number of nitrogens with zero attached hydrogens (tertiary/aromatic N) is 3. The van der Waals surface area contributed by atoms with E-state index in [4.69, 9.17) is 9.47 Å². The van der Waals surface area contributed by atoms with Crippen molar-refractivity contribution in [2.24, 2.45) is 23.7 Å². The smallest absolute Gasteiger partial charge is 0.230 e. The van der Waals surface area contributed by atoms with E-state index in [-0.39, 0.29) is 17.9 Å². The molecule has 5 aliphatic rings. The van der Waals surface area contributed by atoms with Gasteiger partial charge in [-0.3, -0.25) is 9.59 Å². The van der Waals surface area contributed by atoms with Gasteiger partial charge in [-0.25, -0.2) is 0 Å². The number of methoxy groups -OCH3 is 1. The molecule has 7 heteroatoms. The number of carbonyl (C=O) groups is 2. The van der Waals surface area contributed by atoms with E-state index in [0.717, 1.165) is 37.5 Å². The van der Waals surface area contributed by atoms with Crippen LogP contribution in [0, 0.1) is 23.7 Å². The topological polar surface area (TPSA) is 62.3 Å². The van der Waals surface area contributed by atoms with Crippen LogP contribution >= 0.6 is 0 Å². The van der Waals surface area contributed by atoms with Crippen LogP contribution in [0.1, 0.15) is 5.56 Å². The molecule has 0 saturated carbocycles. The van der Waals surface area contributed by atoms with E-state index in [0.29, 0.717) is 24.9 Å². The molecule has 6 atom stereocenters. The number of fused-ring (bicyclic) bond motifs is 2. The predicted molar refractivity (Wildman–Crippen MR) is 113 cm³/mol. The molecule has 4 saturated heterocycles. The number of likely N-dealkylation sites (tertiary alicyclic amines) is 3. The van der Waals surface area contributed by atoms with Gasteiger partial charge in [-0.2, -0.15) is 0 Å². The van der Waals surface area contributed by atoms with Crippen molar-refractivity contribution in [3.05, 3.63) is 42.0 Å². The highest BCUT2D eigenvalue weighted by molar-refractivity contribution is 5.93. The van der Waals surface area contributed by atoms with Gasteiger partial charge in [-0.15, -0.1) is 0 Å². The average Bonchev–Trinajstić information content (AvgIpc) is 3.53. The molecule has 2 bridgehead atoms. The quantitative estimate of drug-likeness (QED) is 0.676. The lowest BCUT2D eigenvalue weighted by molar-refractivity contribution is -0.143. The molecule has 31 heavy (non-hydrogen) atoms. The molecular formula is C24H29N3O4. The molecule has 5 heterocycles. The largest absolute Gasteiger partial charge is 0.497 e. The molecule has 2 amide bonds. The summed E-state index contributed by atoms with van der Waals surface area (Å²) in [4.78, 5) is 33.3. The van der Waals surface area contributed by atoms with Gasteiger partial charge < -0.3 is 24.2 Å². The molecule has 0 N–H and O–H groups in total. The molecule has 7 nitrogen and oxygen atoms in total. The average molecular weight is 424 g/mol. The minimum absolute atomic E-state index is 0.0344. The molecular weight excluding hydrogens is 394 g/mol. The summed E-state index contributed by atoms with van der Waals surface area (Å²) < 4.78 is 11.6. The van der Waals surface area contributed by atoms with Crippen LogP contribution in [0.4, 0.5) is 0 Å². The second-order valence-electron chi connectivity index (χ2n) is 9.93. The third-order valence-electron chi connectivity index (χ3n) is 7.95. The highest BCUT2D eigenvalue weighted by Crippen LogP contribution is 2.53. The molecule has 1 aromatic carbocycles. The zero-order valence-electron chi connectivity index (χ0n) is 18.1. The summed E-state index contributed by atoms with van der Waals surface area (Å²) in [6, 6.07) is 7.78. The Kier molecular flexibility index (Phi) is 4.24. The van der Waals surface area contributed by atoms with Crippen LogP contribution in [0.3, 0.4) is 0 Å². The van der Waals surface area contributed by atoms with Crippen molar-refractivity contribution in [2.45, 2.75) is 18.2 Å². The van der Waals surface area contributed by atoms with Gasteiger partial charge in [0.1, 0.15) is 11.4 Å². The standard InChI is InChI=1S/C24H29N3O4/c1-25-10-16-12-26(13-17(16)11-25)22(28)20-19-6-7-24(31-19)14-27(23(29)21(20)24)9-15-4-3-5-18(8-15)30-2/h3-8,16-17,19-21H,9-14H2,1-2H3/t16-,17+,19-,20+,21-,24-/m0/s1. The van der Waals surface area contributed by atoms with Crippen molar-refractivity contribution < 1.29 is 19.1 Å². The fourth-order valence-electron chi connectivity index (χ4n) is 6.60. The van der Waals surface area contributed by atoms with Crippen LogP contribution in [0.15, 0.2) is 36.4 Å². The van der Waals surface area contributed by atoms with Crippen molar-refractivity contribution in [3.8, 4) is 5.75 Å². The van der Waals surface area contributed by atoms with Gasteiger partial charge in [0.05, 0.1) is 31.6 Å². The second-order valence-corrected chi connectivity index (χ2v) is 9.93. The Bertz CT molecular complexity index is 950. The monoisotopic (exact) mass is 423 g/mol. The summed E-state index contributed by atoms with van der Waals surface area (Å²) in [5.41, 5.74) is 0.360. The summed E-state index contributed by atoms with van der Waals surface area (Å²) in [6.07, 6.45) is 3.76. The summed E-state index contributed by atoms with van der Waals surface area (Å²) in [7, 11) is 3.79. The molecule has 4 fully saturated rings. The Hall–Kier alpha value is -2.38. The highest BCUT2D eigenvalue weighted by Gasteiger charge is 2.67. The maximum absolute atomic E-state index is 13.6.